The minimum atomic E-state index is -0.591. The van der Waals surface area contributed by atoms with Gasteiger partial charge in [0.15, 0.2) is 0 Å². The van der Waals surface area contributed by atoms with Gasteiger partial charge in [0.1, 0.15) is 0 Å². The lowest BCUT2D eigenvalue weighted by atomic mass is 9.94. The molecule has 0 fully saturated rings. The molecular weight excluding hydrogens is 276 g/mol. The van der Waals surface area contributed by atoms with E-state index in [1.807, 2.05) is 37.3 Å². The van der Waals surface area contributed by atoms with Crippen LogP contribution in [0.3, 0.4) is 0 Å². The number of aryl methyl sites for hydroxylation is 1. The Morgan fingerprint density at radius 2 is 1.22 bits per heavy atom. The summed E-state index contributed by atoms with van der Waals surface area (Å²) in [6, 6.07) is 6.64. The summed E-state index contributed by atoms with van der Waals surface area (Å²) in [7, 11) is 0. The summed E-state index contributed by atoms with van der Waals surface area (Å²) >= 11 is 0. The van der Waals surface area contributed by atoms with E-state index in [0.717, 1.165) is 16.3 Å². The van der Waals surface area contributed by atoms with E-state index in [2.05, 4.69) is 0 Å². The molecule has 4 aromatic rings. The predicted molar refractivity (Wildman–Crippen MR) is 99.6 cm³/mol. The molecule has 4 rings (SSSR count). The van der Waals surface area contributed by atoms with Gasteiger partial charge < -0.3 is 0 Å². The van der Waals surface area contributed by atoms with Crippen LogP contribution in [0.2, 0.25) is 0 Å². The SMILES string of the molecule is [2H]c1c([2H])c([2H])c(-c2c([2H])c([2H])c(-c3ccc(C)c4ccccc34)c([2H])c2[2H])c([2H])c1[2H]. The van der Waals surface area contributed by atoms with Gasteiger partial charge in [-0.15, -0.1) is 0 Å². The molecule has 0 aromatic heterocycles. The van der Waals surface area contributed by atoms with Gasteiger partial charge in [0.2, 0.25) is 0 Å². The molecule has 0 spiro atoms. The highest BCUT2D eigenvalue weighted by atomic mass is 14.1. The van der Waals surface area contributed by atoms with Gasteiger partial charge in [-0.1, -0.05) is 90.8 Å². The minimum absolute atomic E-state index is 0.104. The smallest absolute Gasteiger partial charge is 0.0622 e. The zero-order valence-electron chi connectivity index (χ0n) is 21.5. The predicted octanol–water partition coefficient (Wildman–Crippen LogP) is 6.48. The highest BCUT2D eigenvalue weighted by Crippen LogP contribution is 2.31. The zero-order chi connectivity index (χ0) is 23.5. The molecule has 0 atom stereocenters. The van der Waals surface area contributed by atoms with Gasteiger partial charge in [0.05, 0.1) is 12.3 Å². The molecule has 0 heteroatoms. The van der Waals surface area contributed by atoms with Crippen LogP contribution in [0.15, 0.2) is 90.8 Å². The minimum Gasteiger partial charge on any atom is -0.0622 e. The molecule has 0 N–H and O–H groups in total. The maximum absolute atomic E-state index is 8.64. The Morgan fingerprint density at radius 1 is 0.609 bits per heavy atom. The molecule has 0 heterocycles. The van der Waals surface area contributed by atoms with Crippen LogP contribution in [0.25, 0.3) is 33.0 Å². The van der Waals surface area contributed by atoms with Crippen molar-refractivity contribution in [2.45, 2.75) is 6.92 Å². The number of fused-ring (bicyclic) bond motifs is 1. The highest BCUT2D eigenvalue weighted by molar-refractivity contribution is 5.98. The van der Waals surface area contributed by atoms with Crippen LogP contribution < -0.4 is 0 Å². The van der Waals surface area contributed by atoms with Crippen molar-refractivity contribution in [2.75, 3.05) is 0 Å². The number of rotatable bonds is 2. The van der Waals surface area contributed by atoms with E-state index < -0.39 is 42.3 Å². The van der Waals surface area contributed by atoms with Crippen molar-refractivity contribution >= 4 is 10.8 Å². The van der Waals surface area contributed by atoms with E-state index in [0.29, 0.717) is 5.56 Å². The summed E-state index contributed by atoms with van der Waals surface area (Å²) < 4.78 is 74.4. The topological polar surface area (TPSA) is 0 Å². The van der Waals surface area contributed by atoms with Crippen molar-refractivity contribution in [3.8, 4) is 22.3 Å². The van der Waals surface area contributed by atoms with Gasteiger partial charge in [-0.3, -0.25) is 0 Å². The molecule has 0 amide bonds. The lowest BCUT2D eigenvalue weighted by molar-refractivity contribution is 1.52. The molecule has 0 unspecified atom stereocenters. The van der Waals surface area contributed by atoms with Gasteiger partial charge in [0, 0.05) is 0 Å². The van der Waals surface area contributed by atoms with Crippen molar-refractivity contribution in [1.29, 1.82) is 0 Å². The first-order valence-electron chi connectivity index (χ1n) is 11.7. The third-order valence-corrected chi connectivity index (χ3v) is 3.79. The molecule has 0 bridgehead atoms. The number of hydrogen-bond acceptors (Lipinski definition) is 0. The summed E-state index contributed by atoms with van der Waals surface area (Å²) in [4.78, 5) is 0. The van der Waals surface area contributed by atoms with Crippen LogP contribution in [0.1, 0.15) is 17.9 Å². The molecule has 4 aromatic carbocycles. The maximum Gasteiger partial charge on any atom is 0.0629 e. The lowest BCUT2D eigenvalue weighted by Gasteiger charge is -2.10. The second-order valence-corrected chi connectivity index (χ2v) is 5.23. The van der Waals surface area contributed by atoms with Crippen LogP contribution >= 0.6 is 0 Å². The first-order valence-corrected chi connectivity index (χ1v) is 7.24. The van der Waals surface area contributed by atoms with Crippen molar-refractivity contribution in [3.63, 3.8) is 0 Å². The van der Waals surface area contributed by atoms with Crippen molar-refractivity contribution in [2.24, 2.45) is 0 Å². The summed E-state index contributed by atoms with van der Waals surface area (Å²) in [5.41, 5.74) is 1.00. The molecule has 0 aliphatic carbocycles. The average molecular weight is 303 g/mol. The van der Waals surface area contributed by atoms with Gasteiger partial charge in [0.25, 0.3) is 0 Å². The Morgan fingerprint density at radius 3 is 1.96 bits per heavy atom. The Hall–Kier alpha value is -2.86. The van der Waals surface area contributed by atoms with E-state index in [1.54, 1.807) is 6.07 Å². The average Bonchev–Trinajstić information content (AvgIpc) is 2.79. The molecule has 110 valence electrons. The number of benzene rings is 4. The molecular formula is C23H18. The molecule has 0 saturated carbocycles. The first-order chi connectivity index (χ1) is 15.1. The van der Waals surface area contributed by atoms with E-state index in [1.165, 1.54) is 0 Å². The second kappa shape index (κ2) is 5.73. The Labute approximate surface area is 149 Å². The van der Waals surface area contributed by atoms with Crippen molar-refractivity contribution in [3.05, 3.63) is 96.3 Å². The summed E-state index contributed by atoms with van der Waals surface area (Å²) in [5, 5.41) is 1.71. The van der Waals surface area contributed by atoms with Crippen LogP contribution in [0.4, 0.5) is 0 Å². The first kappa shape index (κ1) is 7.14. The Kier molecular flexibility index (Phi) is 1.78. The largest absolute Gasteiger partial charge is 0.0629 e. The van der Waals surface area contributed by atoms with Crippen LogP contribution in [0.5, 0.6) is 0 Å². The molecule has 0 nitrogen and oxygen atoms in total. The fraction of sp³-hybridized carbons (Fsp3) is 0.0435. The van der Waals surface area contributed by atoms with Gasteiger partial charge in [-0.05, 0) is 45.5 Å². The quantitative estimate of drug-likeness (QED) is 0.397. The van der Waals surface area contributed by atoms with Gasteiger partial charge in [-0.25, -0.2) is 0 Å². The van der Waals surface area contributed by atoms with E-state index in [9.17, 15) is 0 Å². The molecule has 23 heavy (non-hydrogen) atoms. The lowest BCUT2D eigenvalue weighted by Crippen LogP contribution is -1.85. The number of hydrogen-bond donors (Lipinski definition) is 0. The van der Waals surface area contributed by atoms with Gasteiger partial charge >= 0.3 is 0 Å². The third-order valence-electron chi connectivity index (χ3n) is 3.79. The zero-order valence-corrected chi connectivity index (χ0v) is 12.5. The standard InChI is InChI=1S/C23H18/c1-17-11-16-22(23-10-6-5-9-21(17)23)20-14-12-19(13-15-20)18-7-3-2-4-8-18/h2-16H,1H3/i2D,3D,4D,7D,8D,12D,13D,14D,15D. The second-order valence-electron chi connectivity index (χ2n) is 5.23. The molecule has 0 aliphatic heterocycles. The van der Waals surface area contributed by atoms with E-state index in [4.69, 9.17) is 12.3 Å². The van der Waals surface area contributed by atoms with Crippen molar-refractivity contribution < 1.29 is 12.3 Å². The van der Waals surface area contributed by atoms with E-state index in [-0.39, 0.29) is 28.8 Å². The van der Waals surface area contributed by atoms with Crippen LogP contribution in [-0.4, -0.2) is 0 Å². The van der Waals surface area contributed by atoms with E-state index >= 15 is 0 Å². The molecule has 0 saturated heterocycles. The summed E-state index contributed by atoms with van der Waals surface area (Å²) in [6.07, 6.45) is 0. The van der Waals surface area contributed by atoms with Crippen LogP contribution in [-0.2, 0) is 0 Å². The fourth-order valence-electron chi connectivity index (χ4n) is 2.61. The van der Waals surface area contributed by atoms with Crippen molar-refractivity contribution in [1.82, 2.24) is 0 Å². The normalized spacial score (nSPS) is 16.3. The Bertz CT molecular complexity index is 1370. The van der Waals surface area contributed by atoms with Crippen LogP contribution in [0, 0.1) is 6.92 Å². The Balaban J connectivity index is 2.11. The third kappa shape index (κ3) is 2.53. The summed E-state index contributed by atoms with van der Waals surface area (Å²) in [5.74, 6) is 0. The molecule has 0 aliphatic rings. The monoisotopic (exact) mass is 303 g/mol. The highest BCUT2D eigenvalue weighted by Gasteiger charge is 2.06. The fourth-order valence-corrected chi connectivity index (χ4v) is 2.61. The maximum atomic E-state index is 8.64. The summed E-state index contributed by atoms with van der Waals surface area (Å²) in [6.45, 7) is 1.95. The van der Waals surface area contributed by atoms with Gasteiger partial charge in [-0.2, -0.15) is 0 Å². The molecule has 0 radical (unpaired) electrons.